The minimum Gasteiger partial charge on any atom is -0.362 e. The highest BCUT2D eigenvalue weighted by atomic mass is 127. The summed E-state index contributed by atoms with van der Waals surface area (Å²) in [7, 11) is 0. The second-order valence-corrected chi connectivity index (χ2v) is 5.04. The van der Waals surface area contributed by atoms with Gasteiger partial charge in [0, 0.05) is 12.6 Å². The molecule has 1 aliphatic carbocycles. The zero-order valence-electron chi connectivity index (χ0n) is 8.37. The number of hydrogen-bond donors (Lipinski definition) is 1. The molecular formula is C11H13IN2O. The summed E-state index contributed by atoms with van der Waals surface area (Å²) in [5, 5.41) is 3.08. The first-order valence-corrected chi connectivity index (χ1v) is 6.19. The van der Waals surface area contributed by atoms with Gasteiger partial charge in [0.05, 0.1) is 10.1 Å². The molecular weight excluding hydrogens is 303 g/mol. The Bertz CT molecular complexity index is 363. The van der Waals surface area contributed by atoms with Gasteiger partial charge in [-0.15, -0.1) is 0 Å². The number of ketones is 1. The first kappa shape index (κ1) is 10.9. The van der Waals surface area contributed by atoms with Crippen LogP contribution >= 0.6 is 22.6 Å². The Labute approximate surface area is 103 Å². The van der Waals surface area contributed by atoms with Crippen molar-refractivity contribution < 1.29 is 4.79 Å². The first-order chi connectivity index (χ1) is 7.25. The monoisotopic (exact) mass is 316 g/mol. The van der Waals surface area contributed by atoms with Crippen LogP contribution in [-0.2, 0) is 4.79 Å². The summed E-state index contributed by atoms with van der Waals surface area (Å²) in [5.74, 6) is 1.77. The first-order valence-electron chi connectivity index (χ1n) is 5.12. The molecule has 0 atom stereocenters. The molecule has 1 saturated carbocycles. The van der Waals surface area contributed by atoms with Gasteiger partial charge in [-0.05, 0) is 53.5 Å². The second kappa shape index (κ2) is 4.92. The van der Waals surface area contributed by atoms with Crippen molar-refractivity contribution in [3.63, 3.8) is 0 Å². The van der Waals surface area contributed by atoms with Gasteiger partial charge in [0.15, 0.2) is 5.78 Å². The van der Waals surface area contributed by atoms with Crippen LogP contribution in [0.4, 0.5) is 5.82 Å². The van der Waals surface area contributed by atoms with Crippen LogP contribution in [0.2, 0.25) is 0 Å². The number of pyridine rings is 1. The number of nitrogens with zero attached hydrogens (tertiary/aromatic N) is 1. The Kier molecular flexibility index (Phi) is 3.56. The Hall–Kier alpha value is -0.650. The van der Waals surface area contributed by atoms with Crippen LogP contribution in [0.3, 0.4) is 0 Å². The average molecular weight is 316 g/mol. The number of anilines is 1. The summed E-state index contributed by atoms with van der Waals surface area (Å²) < 4.78 is 1.05. The molecule has 0 unspecified atom stereocenters. The van der Waals surface area contributed by atoms with Crippen LogP contribution < -0.4 is 5.32 Å². The number of nitrogens with one attached hydrogen (secondary N) is 1. The Morgan fingerprint density at radius 1 is 1.60 bits per heavy atom. The van der Waals surface area contributed by atoms with Crippen molar-refractivity contribution in [1.82, 2.24) is 4.98 Å². The van der Waals surface area contributed by atoms with Gasteiger partial charge in [0.2, 0.25) is 0 Å². The lowest BCUT2D eigenvalue weighted by atomic mass is 10.2. The van der Waals surface area contributed by atoms with E-state index in [0.29, 0.717) is 18.2 Å². The van der Waals surface area contributed by atoms with Crippen molar-refractivity contribution in [3.05, 3.63) is 21.9 Å². The Balaban J connectivity index is 1.81. The molecule has 3 nitrogen and oxygen atoms in total. The maximum absolute atomic E-state index is 11.5. The van der Waals surface area contributed by atoms with E-state index < -0.39 is 0 Å². The third kappa shape index (κ3) is 3.44. The fourth-order valence-electron chi connectivity index (χ4n) is 1.41. The Morgan fingerprint density at radius 2 is 2.40 bits per heavy atom. The third-order valence-corrected chi connectivity index (χ3v) is 3.30. The number of carbonyl (C=O) groups excluding carboxylic acids is 1. The van der Waals surface area contributed by atoms with Crippen molar-refractivity contribution in [1.29, 1.82) is 0 Å². The van der Waals surface area contributed by atoms with E-state index in [0.717, 1.165) is 15.8 Å². The molecule has 1 aromatic rings. The van der Waals surface area contributed by atoms with E-state index in [9.17, 15) is 4.79 Å². The maximum atomic E-state index is 11.5. The van der Waals surface area contributed by atoms with Crippen molar-refractivity contribution in [2.45, 2.75) is 19.3 Å². The fraction of sp³-hybridized carbons (Fsp3) is 0.455. The molecule has 15 heavy (non-hydrogen) atoms. The highest BCUT2D eigenvalue weighted by Crippen LogP contribution is 2.32. The molecule has 0 saturated heterocycles. The van der Waals surface area contributed by atoms with Gasteiger partial charge in [-0.1, -0.05) is 0 Å². The Morgan fingerprint density at radius 3 is 3.07 bits per heavy atom. The number of Topliss-reactive ketones (excluding diaryl/α,β-unsaturated/α-hetero) is 1. The zero-order valence-corrected chi connectivity index (χ0v) is 10.5. The quantitative estimate of drug-likeness (QED) is 0.849. The van der Waals surface area contributed by atoms with Crippen molar-refractivity contribution in [2.75, 3.05) is 11.9 Å². The van der Waals surface area contributed by atoms with Crippen LogP contribution in [0.1, 0.15) is 19.3 Å². The number of aromatic nitrogens is 1. The number of carbonyl (C=O) groups is 1. The molecule has 1 heterocycles. The molecule has 1 aliphatic rings. The number of hydrogen-bond acceptors (Lipinski definition) is 3. The van der Waals surface area contributed by atoms with E-state index in [1.807, 2.05) is 12.1 Å². The summed E-state index contributed by atoms with van der Waals surface area (Å²) in [6.45, 7) is 0.406. The summed E-state index contributed by atoms with van der Waals surface area (Å²) in [4.78, 5) is 15.7. The number of rotatable bonds is 5. The lowest BCUT2D eigenvalue weighted by Gasteiger charge is -2.05. The summed E-state index contributed by atoms with van der Waals surface area (Å²) in [6, 6.07) is 3.86. The molecule has 0 radical (unpaired) electrons. The van der Waals surface area contributed by atoms with Gasteiger partial charge in [0.25, 0.3) is 0 Å². The van der Waals surface area contributed by atoms with E-state index in [2.05, 4.69) is 32.9 Å². The largest absolute Gasteiger partial charge is 0.362 e. The van der Waals surface area contributed by atoms with Crippen molar-refractivity contribution >= 4 is 34.2 Å². The lowest BCUT2D eigenvalue weighted by Crippen LogP contribution is -2.15. The average Bonchev–Trinajstić information content (AvgIpc) is 3.00. The molecule has 0 bridgehead atoms. The molecule has 80 valence electrons. The predicted molar refractivity (Wildman–Crippen MR) is 67.8 cm³/mol. The summed E-state index contributed by atoms with van der Waals surface area (Å²) >= 11 is 2.21. The highest BCUT2D eigenvalue weighted by Gasteiger charge is 2.23. The van der Waals surface area contributed by atoms with E-state index in [1.165, 1.54) is 12.8 Å². The standard InChI is InChI=1S/C11H13IN2O/c12-10-2-1-5-13-11(10)14-7-9(15)6-8-3-4-8/h1-2,5,8H,3-4,6-7H2,(H,13,14). The molecule has 1 fully saturated rings. The SMILES string of the molecule is O=C(CNc1ncccc1I)CC1CC1. The molecule has 4 heteroatoms. The zero-order chi connectivity index (χ0) is 10.7. The predicted octanol–water partition coefficient (Wildman–Crippen LogP) is 2.47. The summed E-state index contributed by atoms with van der Waals surface area (Å²) in [6.07, 6.45) is 4.92. The van der Waals surface area contributed by atoms with Crippen LogP contribution in [0.5, 0.6) is 0 Å². The molecule has 2 rings (SSSR count). The third-order valence-electron chi connectivity index (χ3n) is 2.42. The highest BCUT2D eigenvalue weighted by molar-refractivity contribution is 14.1. The molecule has 1 N–H and O–H groups in total. The molecule has 0 amide bonds. The van der Waals surface area contributed by atoms with Crippen LogP contribution in [-0.4, -0.2) is 17.3 Å². The molecule has 1 aromatic heterocycles. The van der Waals surface area contributed by atoms with Gasteiger partial charge >= 0.3 is 0 Å². The van der Waals surface area contributed by atoms with Gasteiger partial charge in [-0.25, -0.2) is 4.98 Å². The van der Waals surface area contributed by atoms with Crippen LogP contribution in [0, 0.1) is 9.49 Å². The van der Waals surface area contributed by atoms with Gasteiger partial charge in [0.1, 0.15) is 5.82 Å². The normalized spacial score (nSPS) is 15.0. The van der Waals surface area contributed by atoms with Crippen LogP contribution in [0.25, 0.3) is 0 Å². The minimum atomic E-state index is 0.291. The van der Waals surface area contributed by atoms with Gasteiger partial charge < -0.3 is 5.32 Å². The second-order valence-electron chi connectivity index (χ2n) is 3.87. The van der Waals surface area contributed by atoms with E-state index in [4.69, 9.17) is 0 Å². The van der Waals surface area contributed by atoms with Crippen molar-refractivity contribution in [3.8, 4) is 0 Å². The topological polar surface area (TPSA) is 42.0 Å². The summed E-state index contributed by atoms with van der Waals surface area (Å²) in [5.41, 5.74) is 0. The lowest BCUT2D eigenvalue weighted by molar-refractivity contribution is -0.117. The minimum absolute atomic E-state index is 0.291. The van der Waals surface area contributed by atoms with Crippen LogP contribution in [0.15, 0.2) is 18.3 Å². The fourth-order valence-corrected chi connectivity index (χ4v) is 1.95. The molecule has 0 aliphatic heterocycles. The number of halogens is 1. The van der Waals surface area contributed by atoms with E-state index >= 15 is 0 Å². The smallest absolute Gasteiger partial charge is 0.152 e. The van der Waals surface area contributed by atoms with Crippen molar-refractivity contribution in [2.24, 2.45) is 5.92 Å². The van der Waals surface area contributed by atoms with E-state index in [-0.39, 0.29) is 0 Å². The van der Waals surface area contributed by atoms with Gasteiger partial charge in [-0.3, -0.25) is 4.79 Å². The van der Waals surface area contributed by atoms with E-state index in [1.54, 1.807) is 6.20 Å². The maximum Gasteiger partial charge on any atom is 0.152 e. The molecule has 0 aromatic carbocycles. The van der Waals surface area contributed by atoms with Gasteiger partial charge in [-0.2, -0.15) is 0 Å². The molecule has 0 spiro atoms.